The molecule has 3 aromatic rings. The van der Waals surface area contributed by atoms with Crippen LogP contribution in [-0.4, -0.2) is 27.1 Å². The Labute approximate surface area is 155 Å². The van der Waals surface area contributed by atoms with Crippen molar-refractivity contribution in [1.29, 1.82) is 0 Å². The van der Waals surface area contributed by atoms with Crippen LogP contribution in [0.2, 0.25) is 0 Å². The molecule has 0 bridgehead atoms. The number of benzene rings is 1. The first-order valence-corrected chi connectivity index (χ1v) is 9.36. The molecule has 3 heterocycles. The maximum absolute atomic E-state index is 13.1. The average Bonchev–Trinajstić information content (AvgIpc) is 3.32. The van der Waals surface area contributed by atoms with Gasteiger partial charge < -0.3 is 5.32 Å². The molecule has 1 N–H and O–H groups in total. The number of hydrogen-bond acceptors (Lipinski definition) is 4. The molecular weight excluding hydrogens is 351 g/mol. The number of aromatic nitrogens is 2. The predicted octanol–water partition coefficient (Wildman–Crippen LogP) is 2.96. The van der Waals surface area contributed by atoms with E-state index in [0.717, 1.165) is 16.1 Å². The number of fused-ring (bicyclic) bond motifs is 1. The van der Waals surface area contributed by atoms with Crippen molar-refractivity contribution >= 4 is 17.2 Å². The first-order valence-electron chi connectivity index (χ1n) is 8.48. The van der Waals surface area contributed by atoms with Gasteiger partial charge in [-0.1, -0.05) is 18.2 Å². The lowest BCUT2D eigenvalue weighted by Crippen LogP contribution is -2.44. The second-order valence-electron chi connectivity index (χ2n) is 6.38. The van der Waals surface area contributed by atoms with Crippen molar-refractivity contribution in [3.63, 3.8) is 0 Å². The van der Waals surface area contributed by atoms with Gasteiger partial charge in [0.1, 0.15) is 11.9 Å². The summed E-state index contributed by atoms with van der Waals surface area (Å²) >= 11 is 1.62. The predicted molar refractivity (Wildman–Crippen MR) is 97.9 cm³/mol. The summed E-state index contributed by atoms with van der Waals surface area (Å²) < 4.78 is 14.9. The van der Waals surface area contributed by atoms with Gasteiger partial charge in [0.2, 0.25) is 5.91 Å². The molecule has 0 spiro atoms. The van der Waals surface area contributed by atoms with Crippen molar-refractivity contribution in [2.45, 2.75) is 25.7 Å². The molecule has 4 rings (SSSR count). The minimum Gasteiger partial charge on any atom is -0.349 e. The number of amides is 1. The van der Waals surface area contributed by atoms with E-state index in [9.17, 15) is 9.18 Å². The van der Waals surface area contributed by atoms with Gasteiger partial charge in [-0.3, -0.25) is 14.4 Å². The van der Waals surface area contributed by atoms with Gasteiger partial charge in [-0.25, -0.2) is 4.39 Å². The molecule has 0 fully saturated rings. The molecule has 1 amide bonds. The normalized spacial score (nSPS) is 17.0. The fourth-order valence-electron chi connectivity index (χ4n) is 3.23. The summed E-state index contributed by atoms with van der Waals surface area (Å²) in [5.74, 6) is -0.275. The fraction of sp³-hybridized carbons (Fsp3) is 0.263. The zero-order valence-corrected chi connectivity index (χ0v) is 15.0. The van der Waals surface area contributed by atoms with Gasteiger partial charge in [-0.2, -0.15) is 5.10 Å². The van der Waals surface area contributed by atoms with Gasteiger partial charge in [-0.15, -0.1) is 11.3 Å². The first-order chi connectivity index (χ1) is 12.7. The fourth-order valence-corrected chi connectivity index (χ4v) is 3.88. The second-order valence-corrected chi connectivity index (χ2v) is 7.41. The molecule has 1 aromatic carbocycles. The van der Waals surface area contributed by atoms with Gasteiger partial charge in [0.05, 0.1) is 12.2 Å². The largest absolute Gasteiger partial charge is 0.349 e. The molecular formula is C19H19FN4OS. The zero-order valence-electron chi connectivity index (χ0n) is 14.1. The van der Waals surface area contributed by atoms with Crippen LogP contribution in [-0.2, 0) is 24.4 Å². The number of nitrogens with one attached hydrogen (secondary N) is 1. The number of thiophene rings is 1. The molecule has 26 heavy (non-hydrogen) atoms. The number of halogens is 1. The van der Waals surface area contributed by atoms with E-state index in [4.69, 9.17) is 0 Å². The first kappa shape index (κ1) is 16.9. The monoisotopic (exact) mass is 370 g/mol. The summed E-state index contributed by atoms with van der Waals surface area (Å²) in [7, 11) is 0. The third-order valence-corrected chi connectivity index (χ3v) is 5.38. The molecule has 2 aromatic heterocycles. The SMILES string of the molecule is O=C(NCc1cccs1)C1CN(Cc2ccc(F)cc2)Cc2ccnn21. The van der Waals surface area contributed by atoms with Gasteiger partial charge in [0, 0.05) is 30.7 Å². The highest BCUT2D eigenvalue weighted by atomic mass is 32.1. The van der Waals surface area contributed by atoms with Crippen LogP contribution in [0.5, 0.6) is 0 Å². The highest BCUT2D eigenvalue weighted by Crippen LogP contribution is 2.22. The lowest BCUT2D eigenvalue weighted by molar-refractivity contribution is -0.126. The van der Waals surface area contributed by atoms with E-state index in [1.165, 1.54) is 12.1 Å². The number of rotatable bonds is 5. The summed E-state index contributed by atoms with van der Waals surface area (Å²) in [6, 6.07) is 12.1. The van der Waals surface area contributed by atoms with Crippen molar-refractivity contribution in [1.82, 2.24) is 20.0 Å². The summed E-state index contributed by atoms with van der Waals surface area (Å²) in [6.07, 6.45) is 1.73. The molecule has 134 valence electrons. The molecule has 0 saturated heterocycles. The Morgan fingerprint density at radius 1 is 1.27 bits per heavy atom. The van der Waals surface area contributed by atoms with Crippen molar-refractivity contribution in [2.75, 3.05) is 6.54 Å². The maximum atomic E-state index is 13.1. The maximum Gasteiger partial charge on any atom is 0.246 e. The van der Waals surface area contributed by atoms with E-state index in [1.807, 2.05) is 28.3 Å². The van der Waals surface area contributed by atoms with Crippen LogP contribution >= 0.6 is 11.3 Å². The van der Waals surface area contributed by atoms with Gasteiger partial charge in [0.25, 0.3) is 0 Å². The molecule has 1 unspecified atom stereocenters. The minimum absolute atomic E-state index is 0.0350. The summed E-state index contributed by atoms with van der Waals surface area (Å²) in [5.41, 5.74) is 2.03. The van der Waals surface area contributed by atoms with Gasteiger partial charge in [-0.05, 0) is 35.2 Å². The Hall–Kier alpha value is -2.51. The highest BCUT2D eigenvalue weighted by Gasteiger charge is 2.30. The van der Waals surface area contributed by atoms with Crippen LogP contribution in [0.3, 0.4) is 0 Å². The van der Waals surface area contributed by atoms with E-state index in [2.05, 4.69) is 15.3 Å². The number of nitrogens with zero attached hydrogens (tertiary/aromatic N) is 3. The third kappa shape index (κ3) is 3.68. The Bertz CT molecular complexity index is 875. The average molecular weight is 370 g/mol. The topological polar surface area (TPSA) is 50.2 Å². The van der Waals surface area contributed by atoms with Crippen LogP contribution in [0.15, 0.2) is 54.0 Å². The van der Waals surface area contributed by atoms with Crippen LogP contribution in [0.1, 0.15) is 22.2 Å². The molecule has 1 aliphatic rings. The van der Waals surface area contributed by atoms with Gasteiger partial charge >= 0.3 is 0 Å². The number of hydrogen-bond donors (Lipinski definition) is 1. The van der Waals surface area contributed by atoms with Crippen LogP contribution in [0.4, 0.5) is 4.39 Å². The van der Waals surface area contributed by atoms with Crippen molar-refractivity contribution in [3.8, 4) is 0 Å². The van der Waals surface area contributed by atoms with Crippen LogP contribution in [0.25, 0.3) is 0 Å². The Balaban J connectivity index is 1.47. The van der Waals surface area contributed by atoms with Crippen molar-refractivity contribution in [2.24, 2.45) is 0 Å². The van der Waals surface area contributed by atoms with E-state index >= 15 is 0 Å². The van der Waals surface area contributed by atoms with Crippen molar-refractivity contribution in [3.05, 3.63) is 76.0 Å². The highest BCUT2D eigenvalue weighted by molar-refractivity contribution is 7.09. The molecule has 1 aliphatic heterocycles. The molecule has 5 nitrogen and oxygen atoms in total. The Kier molecular flexibility index (Phi) is 4.81. The Morgan fingerprint density at radius 3 is 2.88 bits per heavy atom. The number of carbonyl (C=O) groups excluding carboxylic acids is 1. The standard InChI is InChI=1S/C19H19FN4OS/c20-15-5-3-14(4-6-15)11-23-12-16-7-8-22-24(16)18(13-23)19(25)21-10-17-2-1-9-26-17/h1-9,18H,10-13H2,(H,21,25). The van der Waals surface area contributed by atoms with E-state index < -0.39 is 0 Å². The lowest BCUT2D eigenvalue weighted by Gasteiger charge is -2.33. The number of carbonyl (C=O) groups is 1. The summed E-state index contributed by atoms with van der Waals surface area (Å²) in [6.45, 7) is 2.48. The van der Waals surface area contributed by atoms with E-state index in [0.29, 0.717) is 26.2 Å². The molecule has 7 heteroatoms. The molecule has 0 saturated carbocycles. The summed E-state index contributed by atoms with van der Waals surface area (Å²) in [4.78, 5) is 16.1. The molecule has 0 aliphatic carbocycles. The smallest absolute Gasteiger partial charge is 0.246 e. The van der Waals surface area contributed by atoms with Crippen LogP contribution < -0.4 is 5.32 Å². The zero-order chi connectivity index (χ0) is 17.9. The van der Waals surface area contributed by atoms with E-state index in [-0.39, 0.29) is 17.8 Å². The lowest BCUT2D eigenvalue weighted by atomic mass is 10.1. The minimum atomic E-state index is -0.367. The molecule has 0 radical (unpaired) electrons. The van der Waals surface area contributed by atoms with Gasteiger partial charge in [0.15, 0.2) is 0 Å². The Morgan fingerprint density at radius 2 is 2.12 bits per heavy atom. The third-order valence-electron chi connectivity index (χ3n) is 4.50. The quantitative estimate of drug-likeness (QED) is 0.751. The van der Waals surface area contributed by atoms with Crippen LogP contribution in [0, 0.1) is 5.82 Å². The molecule has 1 atom stereocenters. The second kappa shape index (κ2) is 7.39. The van der Waals surface area contributed by atoms with E-state index in [1.54, 1.807) is 29.7 Å². The summed E-state index contributed by atoms with van der Waals surface area (Å²) in [5, 5.41) is 9.35. The van der Waals surface area contributed by atoms with Crippen molar-refractivity contribution < 1.29 is 9.18 Å².